The third-order valence-electron chi connectivity index (χ3n) is 1.67. The molecule has 0 heterocycles. The second-order valence-corrected chi connectivity index (χ2v) is 2.79. The Morgan fingerprint density at radius 3 is 2.40 bits per heavy atom. The van der Waals surface area contributed by atoms with E-state index in [4.69, 9.17) is 0 Å². The topological polar surface area (TPSA) is 29.5 Å². The second kappa shape index (κ2) is 4.59. The zero-order valence-corrected chi connectivity index (χ0v) is 7.46. The van der Waals surface area contributed by atoms with Crippen LogP contribution in [-0.2, 0) is 4.74 Å². The lowest BCUT2D eigenvalue weighted by atomic mass is 10.1. The van der Waals surface area contributed by atoms with Gasteiger partial charge in [-0.25, -0.2) is 4.39 Å². The van der Waals surface area contributed by atoms with Crippen LogP contribution in [0, 0.1) is 5.82 Å². The molecule has 6 heteroatoms. The number of benzene rings is 1. The number of hydrogen-bond donors (Lipinski definition) is 1. The number of alkyl halides is 3. The van der Waals surface area contributed by atoms with Crippen molar-refractivity contribution in [3.63, 3.8) is 0 Å². The standard InChI is InChI=1S/C9H8F4O2/c10-7-4-2-1-3-6(7)8(14)5-15-9(11,12)13/h1-4,8,14H,5H2/t8-/m0/s1. The van der Waals surface area contributed by atoms with E-state index in [1.807, 2.05) is 0 Å². The Hall–Kier alpha value is -1.14. The van der Waals surface area contributed by atoms with Crippen LogP contribution in [0.15, 0.2) is 24.3 Å². The van der Waals surface area contributed by atoms with Gasteiger partial charge in [0.25, 0.3) is 0 Å². The van der Waals surface area contributed by atoms with Gasteiger partial charge in [-0.15, -0.1) is 13.2 Å². The van der Waals surface area contributed by atoms with Crippen molar-refractivity contribution in [1.29, 1.82) is 0 Å². The van der Waals surface area contributed by atoms with Gasteiger partial charge >= 0.3 is 6.36 Å². The Kier molecular flexibility index (Phi) is 3.65. The highest BCUT2D eigenvalue weighted by molar-refractivity contribution is 5.19. The molecule has 0 saturated heterocycles. The molecule has 1 N–H and O–H groups in total. The van der Waals surface area contributed by atoms with Gasteiger partial charge in [-0.2, -0.15) is 0 Å². The number of hydrogen-bond acceptors (Lipinski definition) is 2. The molecule has 2 nitrogen and oxygen atoms in total. The van der Waals surface area contributed by atoms with Gasteiger partial charge in [0.1, 0.15) is 11.9 Å². The summed E-state index contributed by atoms with van der Waals surface area (Å²) in [7, 11) is 0. The van der Waals surface area contributed by atoms with Crippen molar-refractivity contribution in [2.75, 3.05) is 6.61 Å². The van der Waals surface area contributed by atoms with E-state index >= 15 is 0 Å². The summed E-state index contributed by atoms with van der Waals surface area (Å²) in [5.74, 6) is -0.768. The van der Waals surface area contributed by atoms with Crippen LogP contribution in [0.25, 0.3) is 0 Å². The fraction of sp³-hybridized carbons (Fsp3) is 0.333. The summed E-state index contributed by atoms with van der Waals surface area (Å²) in [6.07, 6.45) is -6.46. The van der Waals surface area contributed by atoms with Crippen LogP contribution in [0.3, 0.4) is 0 Å². The maximum Gasteiger partial charge on any atom is 0.522 e. The van der Waals surface area contributed by atoms with Crippen molar-refractivity contribution >= 4 is 0 Å². The lowest BCUT2D eigenvalue weighted by molar-refractivity contribution is -0.331. The summed E-state index contributed by atoms with van der Waals surface area (Å²) in [6, 6.07) is 5.03. The lowest BCUT2D eigenvalue weighted by Crippen LogP contribution is -2.19. The molecule has 0 aliphatic heterocycles. The normalized spacial score (nSPS) is 13.9. The Labute approximate surface area is 83.1 Å². The van der Waals surface area contributed by atoms with Gasteiger partial charge < -0.3 is 5.11 Å². The third kappa shape index (κ3) is 3.85. The maximum absolute atomic E-state index is 13.0. The molecule has 0 radical (unpaired) electrons. The van der Waals surface area contributed by atoms with Crippen molar-refractivity contribution in [1.82, 2.24) is 0 Å². The molecule has 1 atom stereocenters. The number of halogens is 4. The fourth-order valence-electron chi connectivity index (χ4n) is 1.01. The van der Waals surface area contributed by atoms with Crippen molar-refractivity contribution in [3.05, 3.63) is 35.6 Å². The quantitative estimate of drug-likeness (QED) is 0.799. The number of aliphatic hydroxyl groups is 1. The molecule has 1 aromatic rings. The molecule has 15 heavy (non-hydrogen) atoms. The minimum Gasteiger partial charge on any atom is -0.386 e. The van der Waals surface area contributed by atoms with Gasteiger partial charge in [-0.3, -0.25) is 4.74 Å². The van der Waals surface area contributed by atoms with E-state index < -0.39 is 24.9 Å². The minimum absolute atomic E-state index is 0.221. The zero-order chi connectivity index (χ0) is 11.5. The van der Waals surface area contributed by atoms with Crippen LogP contribution in [0.4, 0.5) is 17.6 Å². The second-order valence-electron chi connectivity index (χ2n) is 2.79. The summed E-state index contributed by atoms with van der Waals surface area (Å²) < 4.78 is 51.2. The van der Waals surface area contributed by atoms with Crippen LogP contribution >= 0.6 is 0 Å². The van der Waals surface area contributed by atoms with Gasteiger partial charge in [0.15, 0.2) is 0 Å². The van der Waals surface area contributed by atoms with Crippen LogP contribution in [0.1, 0.15) is 11.7 Å². The molecule has 1 aromatic carbocycles. The first-order chi connectivity index (χ1) is 6.90. The molecule has 0 amide bonds. The Bertz CT molecular complexity index is 324. The van der Waals surface area contributed by atoms with E-state index in [0.717, 1.165) is 6.07 Å². The summed E-state index contributed by atoms with van der Waals surface area (Å²) in [4.78, 5) is 0. The molecule has 0 fully saturated rings. The van der Waals surface area contributed by atoms with Crippen LogP contribution in [0.5, 0.6) is 0 Å². The molecule has 0 unspecified atom stereocenters. The summed E-state index contributed by atoms with van der Waals surface area (Å²) in [5, 5.41) is 9.20. The summed E-state index contributed by atoms with van der Waals surface area (Å²) >= 11 is 0. The van der Waals surface area contributed by atoms with Crippen LogP contribution in [-0.4, -0.2) is 18.1 Å². The Morgan fingerprint density at radius 2 is 1.87 bits per heavy atom. The lowest BCUT2D eigenvalue weighted by Gasteiger charge is -2.13. The number of aliphatic hydroxyl groups excluding tert-OH is 1. The van der Waals surface area contributed by atoms with Crippen LogP contribution < -0.4 is 0 Å². The molecular weight excluding hydrogens is 216 g/mol. The molecule has 0 aliphatic carbocycles. The monoisotopic (exact) mass is 224 g/mol. The first-order valence-electron chi connectivity index (χ1n) is 4.03. The smallest absolute Gasteiger partial charge is 0.386 e. The van der Waals surface area contributed by atoms with Crippen LogP contribution in [0.2, 0.25) is 0 Å². The SMILES string of the molecule is O[C@@H](COC(F)(F)F)c1ccccc1F. The molecular formula is C9H8F4O2. The molecule has 1 rings (SSSR count). The molecule has 84 valence electrons. The van der Waals surface area contributed by atoms with E-state index in [9.17, 15) is 22.7 Å². The van der Waals surface area contributed by atoms with Gasteiger partial charge in [0, 0.05) is 5.56 Å². The number of rotatable bonds is 3. The van der Waals surface area contributed by atoms with Crippen molar-refractivity contribution in [2.45, 2.75) is 12.5 Å². The first kappa shape index (κ1) is 11.9. The van der Waals surface area contributed by atoms with Crippen molar-refractivity contribution in [2.24, 2.45) is 0 Å². The average molecular weight is 224 g/mol. The Morgan fingerprint density at radius 1 is 1.27 bits per heavy atom. The zero-order valence-electron chi connectivity index (χ0n) is 7.46. The van der Waals surface area contributed by atoms with Gasteiger partial charge in [-0.1, -0.05) is 18.2 Å². The Balaban J connectivity index is 2.62. The van der Waals surface area contributed by atoms with Gasteiger partial charge in [0.05, 0.1) is 6.61 Å². The average Bonchev–Trinajstić information content (AvgIpc) is 2.14. The van der Waals surface area contributed by atoms with Gasteiger partial charge in [-0.05, 0) is 6.07 Å². The van der Waals surface area contributed by atoms with Crippen molar-refractivity contribution in [3.8, 4) is 0 Å². The first-order valence-corrected chi connectivity index (χ1v) is 4.03. The molecule has 0 aromatic heterocycles. The van der Waals surface area contributed by atoms with E-state index in [0.29, 0.717) is 0 Å². The highest BCUT2D eigenvalue weighted by Crippen LogP contribution is 2.22. The minimum atomic E-state index is -4.83. The molecule has 0 bridgehead atoms. The maximum atomic E-state index is 13.0. The fourth-order valence-corrected chi connectivity index (χ4v) is 1.01. The predicted octanol–water partition coefficient (Wildman–Crippen LogP) is 2.40. The number of ether oxygens (including phenoxy) is 1. The summed E-state index contributed by atoms with van der Waals surface area (Å²) in [6.45, 7) is -1.02. The van der Waals surface area contributed by atoms with E-state index in [2.05, 4.69) is 4.74 Å². The predicted molar refractivity (Wildman–Crippen MR) is 43.4 cm³/mol. The van der Waals surface area contributed by atoms with E-state index in [-0.39, 0.29) is 5.56 Å². The highest BCUT2D eigenvalue weighted by atomic mass is 19.4. The molecule has 0 spiro atoms. The van der Waals surface area contributed by atoms with E-state index in [1.54, 1.807) is 0 Å². The van der Waals surface area contributed by atoms with E-state index in [1.165, 1.54) is 18.2 Å². The largest absolute Gasteiger partial charge is 0.522 e. The molecule has 0 aliphatic rings. The van der Waals surface area contributed by atoms with Crippen molar-refractivity contribution < 1.29 is 27.4 Å². The molecule has 0 saturated carbocycles. The third-order valence-corrected chi connectivity index (χ3v) is 1.67. The van der Waals surface area contributed by atoms with Gasteiger partial charge in [0.2, 0.25) is 0 Å². The summed E-state index contributed by atoms with van der Waals surface area (Å²) in [5.41, 5.74) is -0.221. The highest BCUT2D eigenvalue weighted by Gasteiger charge is 2.30.